The number of rotatable bonds is 7. The van der Waals surface area contributed by atoms with Crippen LogP contribution >= 0.6 is 23.2 Å². The number of methoxy groups -OCH3 is 1. The Kier molecular flexibility index (Phi) is 6.47. The van der Waals surface area contributed by atoms with Gasteiger partial charge in [0.2, 0.25) is 0 Å². The van der Waals surface area contributed by atoms with Gasteiger partial charge in [-0.15, -0.1) is 0 Å². The van der Waals surface area contributed by atoms with Gasteiger partial charge < -0.3 is 4.74 Å². The van der Waals surface area contributed by atoms with Crippen molar-refractivity contribution >= 4 is 54.6 Å². The van der Waals surface area contributed by atoms with E-state index in [1.807, 2.05) is 0 Å². The average molecular weight is 487 g/mol. The molecule has 7 nitrogen and oxygen atoms in total. The van der Waals surface area contributed by atoms with E-state index < -0.39 is 20.0 Å². The molecule has 0 fully saturated rings. The molecule has 3 aromatic carbocycles. The summed E-state index contributed by atoms with van der Waals surface area (Å²) in [6.45, 7) is 0. The van der Waals surface area contributed by atoms with Crippen LogP contribution in [0.5, 0.6) is 5.75 Å². The molecule has 0 atom stereocenters. The number of anilines is 2. The van der Waals surface area contributed by atoms with Crippen molar-refractivity contribution in [1.82, 2.24) is 0 Å². The number of hydrogen-bond donors (Lipinski definition) is 2. The van der Waals surface area contributed by atoms with Gasteiger partial charge in [0.25, 0.3) is 20.0 Å². The fraction of sp³-hybridized carbons (Fsp3) is 0.0526. The largest absolute Gasteiger partial charge is 0.495 e. The second kappa shape index (κ2) is 8.73. The van der Waals surface area contributed by atoms with Crippen LogP contribution in [0.1, 0.15) is 0 Å². The first-order chi connectivity index (χ1) is 14.1. The zero-order valence-electron chi connectivity index (χ0n) is 15.5. The summed E-state index contributed by atoms with van der Waals surface area (Å²) in [5.41, 5.74) is 0.283. The molecule has 0 saturated carbocycles. The Morgan fingerprint density at radius 2 is 1.50 bits per heavy atom. The van der Waals surface area contributed by atoms with Crippen LogP contribution in [-0.2, 0) is 20.0 Å². The predicted molar refractivity (Wildman–Crippen MR) is 118 cm³/mol. The molecule has 0 aliphatic heterocycles. The lowest BCUT2D eigenvalue weighted by Gasteiger charge is -2.13. The third-order valence-corrected chi connectivity index (χ3v) is 7.67. The lowest BCUT2D eigenvalue weighted by molar-refractivity contribution is 0.417. The number of nitrogens with one attached hydrogen (secondary N) is 2. The van der Waals surface area contributed by atoms with Crippen LogP contribution in [0.3, 0.4) is 0 Å². The molecule has 0 aromatic heterocycles. The predicted octanol–water partition coefficient (Wildman–Crippen LogP) is 4.60. The third-order valence-electron chi connectivity index (χ3n) is 3.95. The molecule has 0 aliphatic carbocycles. The van der Waals surface area contributed by atoms with Gasteiger partial charge >= 0.3 is 0 Å². The van der Waals surface area contributed by atoms with Gasteiger partial charge in [0.1, 0.15) is 10.6 Å². The number of hydrogen-bond acceptors (Lipinski definition) is 5. The van der Waals surface area contributed by atoms with Crippen molar-refractivity contribution in [1.29, 1.82) is 0 Å². The summed E-state index contributed by atoms with van der Waals surface area (Å²) in [7, 11) is -6.70. The van der Waals surface area contributed by atoms with Crippen LogP contribution in [0.2, 0.25) is 10.0 Å². The molecule has 0 heterocycles. The van der Waals surface area contributed by atoms with Gasteiger partial charge in [-0.25, -0.2) is 16.8 Å². The second-order valence-corrected chi connectivity index (χ2v) is 10.1. The fourth-order valence-corrected chi connectivity index (χ4v) is 5.49. The Balaban J connectivity index is 1.91. The topological polar surface area (TPSA) is 102 Å². The van der Waals surface area contributed by atoms with Crippen molar-refractivity contribution in [2.45, 2.75) is 9.79 Å². The minimum Gasteiger partial charge on any atom is -0.495 e. The van der Waals surface area contributed by atoms with E-state index in [2.05, 4.69) is 9.44 Å². The van der Waals surface area contributed by atoms with Gasteiger partial charge in [0.15, 0.2) is 0 Å². The number of ether oxygens (including phenoxy) is 1. The van der Waals surface area contributed by atoms with Crippen LogP contribution in [-0.4, -0.2) is 23.9 Å². The molecular weight excluding hydrogens is 471 g/mol. The number of halogens is 2. The van der Waals surface area contributed by atoms with E-state index in [0.717, 1.165) is 0 Å². The average Bonchev–Trinajstić information content (AvgIpc) is 2.70. The standard InChI is InChI=1S/C19H16Cl2N2O5S2/c1-28-17-10-3-2-9-16(17)23-29(24,25)14-7-4-6-13(12-14)22-30(26,27)18-11-5-8-15(20)19(18)21/h2-12,22-23H,1H3. The minimum absolute atomic E-state index is 0.0361. The van der Waals surface area contributed by atoms with Gasteiger partial charge in [-0.2, -0.15) is 0 Å². The Bertz CT molecular complexity index is 1300. The number of para-hydroxylation sites is 2. The lowest BCUT2D eigenvalue weighted by Crippen LogP contribution is -2.16. The van der Waals surface area contributed by atoms with E-state index >= 15 is 0 Å². The molecule has 0 spiro atoms. The fourth-order valence-electron chi connectivity index (χ4n) is 2.56. The molecule has 0 radical (unpaired) electrons. The highest BCUT2D eigenvalue weighted by Crippen LogP contribution is 2.31. The molecule has 30 heavy (non-hydrogen) atoms. The first-order valence-corrected chi connectivity index (χ1v) is 12.1. The molecule has 3 aromatic rings. The second-order valence-electron chi connectivity index (χ2n) is 5.99. The first-order valence-electron chi connectivity index (χ1n) is 8.37. The summed E-state index contributed by atoms with van der Waals surface area (Å²) in [6, 6.07) is 16.1. The monoisotopic (exact) mass is 486 g/mol. The molecular formula is C19H16Cl2N2O5S2. The summed E-state index contributed by atoms with van der Waals surface area (Å²) in [6.07, 6.45) is 0. The van der Waals surface area contributed by atoms with Crippen molar-refractivity contribution < 1.29 is 21.6 Å². The normalized spacial score (nSPS) is 11.7. The summed E-state index contributed by atoms with van der Waals surface area (Å²) >= 11 is 11.9. The lowest BCUT2D eigenvalue weighted by atomic mass is 10.3. The zero-order chi connectivity index (χ0) is 21.9. The molecule has 2 N–H and O–H groups in total. The molecule has 158 valence electrons. The quantitative estimate of drug-likeness (QED) is 0.507. The highest BCUT2D eigenvalue weighted by Gasteiger charge is 2.21. The Morgan fingerprint density at radius 1 is 0.800 bits per heavy atom. The summed E-state index contributed by atoms with van der Waals surface area (Å²) < 4.78 is 60.8. The maximum Gasteiger partial charge on any atom is 0.263 e. The van der Waals surface area contributed by atoms with E-state index in [0.29, 0.717) is 5.75 Å². The number of sulfonamides is 2. The smallest absolute Gasteiger partial charge is 0.263 e. The van der Waals surface area contributed by atoms with Crippen molar-refractivity contribution in [3.05, 3.63) is 76.8 Å². The Labute approximate surface area is 184 Å². The van der Waals surface area contributed by atoms with Gasteiger partial charge in [-0.3, -0.25) is 9.44 Å². The van der Waals surface area contributed by atoms with Crippen molar-refractivity contribution in [3.8, 4) is 5.75 Å². The van der Waals surface area contributed by atoms with Crippen LogP contribution < -0.4 is 14.2 Å². The maximum atomic E-state index is 12.8. The molecule has 11 heteroatoms. The van der Waals surface area contributed by atoms with Gasteiger partial charge in [-0.1, -0.05) is 47.5 Å². The molecule has 0 unspecified atom stereocenters. The molecule has 0 aliphatic rings. The zero-order valence-corrected chi connectivity index (χ0v) is 18.6. The van der Waals surface area contributed by atoms with E-state index in [4.69, 9.17) is 27.9 Å². The SMILES string of the molecule is COc1ccccc1NS(=O)(=O)c1cccc(NS(=O)(=O)c2cccc(Cl)c2Cl)c1. The third kappa shape index (κ3) is 4.81. The van der Waals surface area contributed by atoms with Crippen molar-refractivity contribution in [3.63, 3.8) is 0 Å². The molecule has 0 saturated heterocycles. The first kappa shape index (κ1) is 22.2. The van der Waals surface area contributed by atoms with Crippen LogP contribution in [0.4, 0.5) is 11.4 Å². The van der Waals surface area contributed by atoms with Crippen molar-refractivity contribution in [2.75, 3.05) is 16.6 Å². The van der Waals surface area contributed by atoms with Gasteiger partial charge in [-0.05, 0) is 42.5 Å². The van der Waals surface area contributed by atoms with E-state index in [1.165, 1.54) is 49.6 Å². The highest BCUT2D eigenvalue weighted by atomic mass is 35.5. The van der Waals surface area contributed by atoms with Crippen molar-refractivity contribution in [2.24, 2.45) is 0 Å². The maximum absolute atomic E-state index is 12.8. The van der Waals surface area contributed by atoms with E-state index in [9.17, 15) is 16.8 Å². The summed E-state index contributed by atoms with van der Waals surface area (Å²) in [4.78, 5) is -0.372. The van der Waals surface area contributed by atoms with Crippen LogP contribution in [0.15, 0.2) is 76.5 Å². The van der Waals surface area contributed by atoms with Gasteiger partial charge in [0, 0.05) is 0 Å². The summed E-state index contributed by atoms with van der Waals surface area (Å²) in [5.74, 6) is 0.341. The Hall–Kier alpha value is -2.46. The van der Waals surface area contributed by atoms with Crippen LogP contribution in [0, 0.1) is 0 Å². The van der Waals surface area contributed by atoms with Crippen LogP contribution in [0.25, 0.3) is 0 Å². The minimum atomic E-state index is -4.10. The molecule has 0 amide bonds. The van der Waals surface area contributed by atoms with E-state index in [1.54, 1.807) is 24.3 Å². The van der Waals surface area contributed by atoms with E-state index in [-0.39, 0.29) is 31.2 Å². The van der Waals surface area contributed by atoms with Gasteiger partial charge in [0.05, 0.1) is 33.4 Å². The summed E-state index contributed by atoms with van der Waals surface area (Å²) in [5, 5.41) is -0.0508. The molecule has 3 rings (SSSR count). The number of benzene rings is 3. The molecule has 0 bridgehead atoms. The Morgan fingerprint density at radius 3 is 2.23 bits per heavy atom. The highest BCUT2D eigenvalue weighted by molar-refractivity contribution is 7.93.